The minimum atomic E-state index is -1.13. The topological polar surface area (TPSA) is 37.3 Å². The third-order valence-electron chi connectivity index (χ3n) is 4.12. The molecule has 0 amide bonds. The molecule has 0 spiro atoms. The highest BCUT2D eigenvalue weighted by Gasteiger charge is 2.37. The van der Waals surface area contributed by atoms with Crippen LogP contribution in [-0.2, 0) is 4.79 Å². The van der Waals surface area contributed by atoms with E-state index < -0.39 is 5.60 Å². The number of hydrogen-bond acceptors (Lipinski definition) is 2. The maximum absolute atomic E-state index is 13.2. The summed E-state index contributed by atoms with van der Waals surface area (Å²) in [5, 5.41) is 10.1. The van der Waals surface area contributed by atoms with Crippen LogP contribution in [0.4, 0.5) is 4.39 Å². The molecule has 1 fully saturated rings. The molecule has 1 aromatic rings. The lowest BCUT2D eigenvalue weighted by atomic mass is 9.74. The van der Waals surface area contributed by atoms with Gasteiger partial charge < -0.3 is 5.11 Å². The van der Waals surface area contributed by atoms with E-state index in [1.807, 2.05) is 12.1 Å². The molecule has 0 unspecified atom stereocenters. The second-order valence-electron chi connectivity index (χ2n) is 5.37. The van der Waals surface area contributed by atoms with Crippen LogP contribution >= 0.6 is 0 Å². The lowest BCUT2D eigenvalue weighted by Gasteiger charge is -2.34. The van der Waals surface area contributed by atoms with Gasteiger partial charge in [-0.05, 0) is 62.6 Å². The van der Waals surface area contributed by atoms with E-state index in [2.05, 4.69) is 0 Å². The number of carbonyl (C=O) groups excluding carboxylic acids is 1. The highest BCUT2D eigenvalue weighted by molar-refractivity contribution is 5.84. The summed E-state index contributed by atoms with van der Waals surface area (Å²) in [5.41, 5.74) is 0.630. The van der Waals surface area contributed by atoms with Crippen LogP contribution in [0.1, 0.15) is 49.7 Å². The van der Waals surface area contributed by atoms with Gasteiger partial charge in [-0.2, -0.15) is 0 Å². The Balaban J connectivity index is 2.10. The zero-order chi connectivity index (χ0) is 13.3. The van der Waals surface area contributed by atoms with Gasteiger partial charge in [-0.1, -0.05) is 12.1 Å². The molecule has 2 rings (SSSR count). The summed E-state index contributed by atoms with van der Waals surface area (Å²) < 4.78 is 13.2. The number of ketones is 1. The number of carbonyl (C=O) groups is 1. The molecule has 98 valence electrons. The average molecular weight is 250 g/mol. The number of aryl methyl sites for hydroxylation is 1. The molecule has 0 radical (unpaired) electrons. The third kappa shape index (κ3) is 2.46. The summed E-state index contributed by atoms with van der Waals surface area (Å²) in [6.07, 6.45) is 2.56. The molecule has 0 aromatic heterocycles. The van der Waals surface area contributed by atoms with Crippen molar-refractivity contribution in [2.75, 3.05) is 0 Å². The van der Waals surface area contributed by atoms with Crippen LogP contribution < -0.4 is 0 Å². The van der Waals surface area contributed by atoms with Gasteiger partial charge in [-0.3, -0.25) is 4.79 Å². The Labute approximate surface area is 107 Å². The smallest absolute Gasteiger partial charge is 0.161 e. The third-order valence-corrected chi connectivity index (χ3v) is 4.12. The van der Waals surface area contributed by atoms with Crippen molar-refractivity contribution in [3.63, 3.8) is 0 Å². The predicted molar refractivity (Wildman–Crippen MR) is 68.0 cm³/mol. The second-order valence-corrected chi connectivity index (χ2v) is 5.37. The van der Waals surface area contributed by atoms with Crippen LogP contribution in [0.25, 0.3) is 0 Å². The first-order valence-electron chi connectivity index (χ1n) is 6.42. The van der Waals surface area contributed by atoms with Crippen molar-refractivity contribution in [3.05, 3.63) is 35.1 Å². The summed E-state index contributed by atoms with van der Waals surface area (Å²) in [5.74, 6) is -0.00466. The monoisotopic (exact) mass is 250 g/mol. The van der Waals surface area contributed by atoms with Gasteiger partial charge in [-0.15, -0.1) is 0 Å². The first kappa shape index (κ1) is 13.2. The van der Waals surface area contributed by atoms with Crippen LogP contribution in [0.5, 0.6) is 0 Å². The van der Waals surface area contributed by atoms with Gasteiger partial charge in [0.25, 0.3) is 0 Å². The first-order valence-corrected chi connectivity index (χ1v) is 6.42. The summed E-state index contributed by atoms with van der Waals surface area (Å²) in [6, 6.07) is 5.18. The van der Waals surface area contributed by atoms with E-state index in [0.29, 0.717) is 24.3 Å². The SMILES string of the molecule is CC(=O)C1(O)CCC(c2ccc(F)c(C)c2)CC1. The number of hydrogen-bond donors (Lipinski definition) is 1. The standard InChI is InChI=1S/C15H19FO2/c1-10-9-13(3-4-14(10)16)12-5-7-15(18,8-6-12)11(2)17/h3-4,9,12,18H,5-8H2,1-2H3. The molecule has 2 nitrogen and oxygen atoms in total. The summed E-state index contributed by atoms with van der Waals surface area (Å²) >= 11 is 0. The fraction of sp³-hybridized carbons (Fsp3) is 0.533. The van der Waals surface area contributed by atoms with Gasteiger partial charge in [0.15, 0.2) is 5.78 Å². The van der Waals surface area contributed by atoms with Crippen molar-refractivity contribution in [2.45, 2.75) is 51.0 Å². The Morgan fingerprint density at radius 1 is 1.39 bits per heavy atom. The number of benzene rings is 1. The highest BCUT2D eigenvalue weighted by atomic mass is 19.1. The minimum absolute atomic E-state index is 0.142. The van der Waals surface area contributed by atoms with Gasteiger partial charge >= 0.3 is 0 Å². The van der Waals surface area contributed by atoms with E-state index in [4.69, 9.17) is 0 Å². The Morgan fingerprint density at radius 3 is 2.50 bits per heavy atom. The molecule has 0 saturated heterocycles. The van der Waals surface area contributed by atoms with Gasteiger partial charge in [0, 0.05) is 0 Å². The average Bonchev–Trinajstić information content (AvgIpc) is 2.34. The van der Waals surface area contributed by atoms with Crippen LogP contribution in [-0.4, -0.2) is 16.5 Å². The molecule has 1 aliphatic carbocycles. The minimum Gasteiger partial charge on any atom is -0.382 e. The molecule has 1 N–H and O–H groups in total. The molecule has 0 atom stereocenters. The summed E-state index contributed by atoms with van der Waals surface area (Å²) in [6.45, 7) is 3.20. The van der Waals surface area contributed by atoms with Crippen LogP contribution in [0.3, 0.4) is 0 Å². The van der Waals surface area contributed by atoms with E-state index in [-0.39, 0.29) is 11.6 Å². The lowest BCUT2D eigenvalue weighted by molar-refractivity contribution is -0.138. The van der Waals surface area contributed by atoms with Crippen molar-refractivity contribution < 1.29 is 14.3 Å². The van der Waals surface area contributed by atoms with Gasteiger partial charge in [0.2, 0.25) is 0 Å². The molecule has 0 aliphatic heterocycles. The molecule has 0 bridgehead atoms. The largest absolute Gasteiger partial charge is 0.382 e. The van der Waals surface area contributed by atoms with Gasteiger partial charge in [0.05, 0.1) is 0 Å². The zero-order valence-corrected chi connectivity index (χ0v) is 10.9. The van der Waals surface area contributed by atoms with Crippen LogP contribution in [0.2, 0.25) is 0 Å². The Bertz CT molecular complexity index is 460. The number of halogens is 1. The molecule has 0 heterocycles. The van der Waals surface area contributed by atoms with Crippen LogP contribution in [0, 0.1) is 12.7 Å². The lowest BCUT2D eigenvalue weighted by Crippen LogP contribution is -2.40. The van der Waals surface area contributed by atoms with Gasteiger partial charge in [-0.25, -0.2) is 4.39 Å². The van der Waals surface area contributed by atoms with Crippen molar-refractivity contribution in [1.29, 1.82) is 0 Å². The van der Waals surface area contributed by atoms with E-state index in [1.54, 1.807) is 6.92 Å². The Hall–Kier alpha value is -1.22. The molecule has 3 heteroatoms. The summed E-state index contributed by atoms with van der Waals surface area (Å²) in [7, 11) is 0. The van der Waals surface area contributed by atoms with E-state index in [0.717, 1.165) is 18.4 Å². The summed E-state index contributed by atoms with van der Waals surface area (Å²) in [4.78, 5) is 11.4. The van der Waals surface area contributed by atoms with Crippen LogP contribution in [0.15, 0.2) is 18.2 Å². The second kappa shape index (κ2) is 4.81. The maximum atomic E-state index is 13.2. The quantitative estimate of drug-likeness (QED) is 0.875. The fourth-order valence-corrected chi connectivity index (χ4v) is 2.70. The van der Waals surface area contributed by atoms with Gasteiger partial charge in [0.1, 0.15) is 11.4 Å². The molecule has 1 saturated carbocycles. The Kier molecular flexibility index (Phi) is 3.53. The Morgan fingerprint density at radius 2 is 2.00 bits per heavy atom. The highest BCUT2D eigenvalue weighted by Crippen LogP contribution is 2.38. The van der Waals surface area contributed by atoms with E-state index in [9.17, 15) is 14.3 Å². The van der Waals surface area contributed by atoms with E-state index in [1.165, 1.54) is 13.0 Å². The van der Waals surface area contributed by atoms with Crippen molar-refractivity contribution in [3.8, 4) is 0 Å². The first-order chi connectivity index (χ1) is 8.42. The molecule has 18 heavy (non-hydrogen) atoms. The maximum Gasteiger partial charge on any atom is 0.161 e. The van der Waals surface area contributed by atoms with Crippen molar-refractivity contribution >= 4 is 5.78 Å². The molecule has 1 aliphatic rings. The molecular weight excluding hydrogens is 231 g/mol. The predicted octanol–water partition coefficient (Wildman–Crippen LogP) is 3.11. The normalized spacial score (nSPS) is 28.1. The number of rotatable bonds is 2. The zero-order valence-electron chi connectivity index (χ0n) is 10.9. The molecule has 1 aromatic carbocycles. The van der Waals surface area contributed by atoms with Crippen molar-refractivity contribution in [2.24, 2.45) is 0 Å². The van der Waals surface area contributed by atoms with Crippen molar-refractivity contribution in [1.82, 2.24) is 0 Å². The fourth-order valence-electron chi connectivity index (χ4n) is 2.70. The molecular formula is C15H19FO2. The number of Topliss-reactive ketones (excluding diaryl/α,β-unsaturated/α-hetero) is 1. The number of aliphatic hydroxyl groups is 1. The van der Waals surface area contributed by atoms with E-state index >= 15 is 0 Å².